The highest BCUT2D eigenvalue weighted by Gasteiger charge is 2.21. The maximum absolute atomic E-state index is 12.3. The zero-order valence-electron chi connectivity index (χ0n) is 13.4. The lowest BCUT2D eigenvalue weighted by Crippen LogP contribution is -2.13. The molecular formula is C19H15NO4S. The molecule has 1 heterocycles. The highest BCUT2D eigenvalue weighted by atomic mass is 32.1. The first kappa shape index (κ1) is 16.7. The summed E-state index contributed by atoms with van der Waals surface area (Å²) < 4.78 is 5.12. The Kier molecular flexibility index (Phi) is 4.81. The van der Waals surface area contributed by atoms with Gasteiger partial charge in [-0.3, -0.25) is 4.79 Å². The molecule has 25 heavy (non-hydrogen) atoms. The number of aromatic carboxylic acids is 1. The van der Waals surface area contributed by atoms with E-state index in [4.69, 9.17) is 4.74 Å². The SMILES string of the molecule is COc1ccc(-c2csc(NC(=O)c3ccccc3)c2C(=O)O)cc1. The number of anilines is 1. The number of nitrogens with one attached hydrogen (secondary N) is 1. The van der Waals surface area contributed by atoms with Crippen LogP contribution in [0.25, 0.3) is 11.1 Å². The minimum Gasteiger partial charge on any atom is -0.497 e. The van der Waals surface area contributed by atoms with Crippen LogP contribution in [-0.2, 0) is 0 Å². The molecule has 126 valence electrons. The first-order valence-corrected chi connectivity index (χ1v) is 8.33. The number of rotatable bonds is 5. The van der Waals surface area contributed by atoms with Gasteiger partial charge >= 0.3 is 5.97 Å². The second kappa shape index (κ2) is 7.19. The summed E-state index contributed by atoms with van der Waals surface area (Å²) in [4.78, 5) is 24.1. The summed E-state index contributed by atoms with van der Waals surface area (Å²) in [7, 11) is 1.57. The molecule has 0 radical (unpaired) electrons. The third kappa shape index (κ3) is 3.54. The van der Waals surface area contributed by atoms with Gasteiger partial charge in [0.15, 0.2) is 0 Å². The van der Waals surface area contributed by atoms with Crippen LogP contribution in [0, 0.1) is 0 Å². The molecule has 0 fully saturated rings. The molecule has 2 aromatic carbocycles. The Labute approximate surface area is 148 Å². The van der Waals surface area contributed by atoms with Gasteiger partial charge in [0, 0.05) is 16.5 Å². The Morgan fingerprint density at radius 2 is 1.72 bits per heavy atom. The average Bonchev–Trinajstić information content (AvgIpc) is 3.06. The fourth-order valence-electron chi connectivity index (χ4n) is 2.41. The molecule has 1 amide bonds. The third-order valence-electron chi connectivity index (χ3n) is 3.67. The van der Waals surface area contributed by atoms with Crippen LogP contribution in [0.15, 0.2) is 60.0 Å². The van der Waals surface area contributed by atoms with Gasteiger partial charge in [-0.2, -0.15) is 0 Å². The van der Waals surface area contributed by atoms with Crippen LogP contribution in [0.4, 0.5) is 5.00 Å². The van der Waals surface area contributed by atoms with Crippen molar-refractivity contribution in [1.82, 2.24) is 0 Å². The number of carbonyl (C=O) groups excluding carboxylic acids is 1. The lowest BCUT2D eigenvalue weighted by atomic mass is 10.0. The summed E-state index contributed by atoms with van der Waals surface area (Å²) in [6.07, 6.45) is 0. The van der Waals surface area contributed by atoms with E-state index in [0.717, 1.165) is 5.56 Å². The monoisotopic (exact) mass is 353 g/mol. The number of ether oxygens (including phenoxy) is 1. The van der Waals surface area contributed by atoms with Gasteiger partial charge in [0.2, 0.25) is 0 Å². The van der Waals surface area contributed by atoms with Crippen LogP contribution < -0.4 is 10.1 Å². The Morgan fingerprint density at radius 1 is 1.04 bits per heavy atom. The molecule has 0 saturated heterocycles. The number of amides is 1. The van der Waals surface area contributed by atoms with Crippen molar-refractivity contribution >= 4 is 28.2 Å². The van der Waals surface area contributed by atoms with Crippen molar-refractivity contribution in [2.45, 2.75) is 0 Å². The number of hydrogen-bond acceptors (Lipinski definition) is 4. The van der Waals surface area contributed by atoms with Crippen molar-refractivity contribution in [2.75, 3.05) is 12.4 Å². The molecule has 2 N–H and O–H groups in total. The zero-order chi connectivity index (χ0) is 17.8. The molecule has 0 aliphatic heterocycles. The van der Waals surface area contributed by atoms with Crippen LogP contribution in [0.2, 0.25) is 0 Å². The van der Waals surface area contributed by atoms with Gasteiger partial charge in [-0.15, -0.1) is 11.3 Å². The normalized spacial score (nSPS) is 10.3. The second-order valence-electron chi connectivity index (χ2n) is 5.21. The largest absolute Gasteiger partial charge is 0.497 e. The van der Waals surface area contributed by atoms with E-state index >= 15 is 0 Å². The summed E-state index contributed by atoms with van der Waals surface area (Å²) in [5.74, 6) is -0.741. The lowest BCUT2D eigenvalue weighted by molar-refractivity contribution is 0.0699. The molecular weight excluding hydrogens is 338 g/mol. The molecule has 0 aliphatic rings. The highest BCUT2D eigenvalue weighted by molar-refractivity contribution is 7.15. The van der Waals surface area contributed by atoms with Crippen molar-refractivity contribution < 1.29 is 19.4 Å². The van der Waals surface area contributed by atoms with E-state index in [-0.39, 0.29) is 11.5 Å². The van der Waals surface area contributed by atoms with Crippen LogP contribution in [0.1, 0.15) is 20.7 Å². The summed E-state index contributed by atoms with van der Waals surface area (Å²) >= 11 is 1.19. The highest BCUT2D eigenvalue weighted by Crippen LogP contribution is 2.36. The van der Waals surface area contributed by atoms with Crippen LogP contribution in [-0.4, -0.2) is 24.1 Å². The molecule has 3 aromatic rings. The van der Waals surface area contributed by atoms with Gasteiger partial charge in [0.05, 0.1) is 7.11 Å². The quantitative estimate of drug-likeness (QED) is 0.714. The van der Waals surface area contributed by atoms with Gasteiger partial charge < -0.3 is 15.2 Å². The Balaban J connectivity index is 1.94. The fraction of sp³-hybridized carbons (Fsp3) is 0.0526. The minimum atomic E-state index is -1.09. The summed E-state index contributed by atoms with van der Waals surface area (Å²) in [5, 5.41) is 14.3. The van der Waals surface area contributed by atoms with Crippen LogP contribution in [0.3, 0.4) is 0 Å². The fourth-order valence-corrected chi connectivity index (χ4v) is 3.37. The van der Waals surface area contributed by atoms with E-state index < -0.39 is 5.97 Å². The molecule has 0 saturated carbocycles. The molecule has 0 spiro atoms. The zero-order valence-corrected chi connectivity index (χ0v) is 14.2. The molecule has 0 unspecified atom stereocenters. The van der Waals surface area contributed by atoms with Crippen molar-refractivity contribution in [1.29, 1.82) is 0 Å². The standard InChI is InChI=1S/C19H15NO4S/c1-24-14-9-7-12(8-10-14)15-11-25-18(16(15)19(22)23)20-17(21)13-5-3-2-4-6-13/h2-11H,1H3,(H,20,21)(H,22,23). The summed E-state index contributed by atoms with van der Waals surface area (Å²) in [6, 6.07) is 15.8. The average molecular weight is 353 g/mol. The smallest absolute Gasteiger partial charge is 0.339 e. The minimum absolute atomic E-state index is 0.0828. The molecule has 5 nitrogen and oxygen atoms in total. The second-order valence-corrected chi connectivity index (χ2v) is 6.09. The summed E-state index contributed by atoms with van der Waals surface area (Å²) in [6.45, 7) is 0. The van der Waals surface area contributed by atoms with E-state index in [1.54, 1.807) is 61.0 Å². The number of thiophene rings is 1. The number of benzene rings is 2. The molecule has 0 aliphatic carbocycles. The van der Waals surface area contributed by atoms with Crippen molar-refractivity contribution in [2.24, 2.45) is 0 Å². The van der Waals surface area contributed by atoms with Crippen LogP contribution >= 0.6 is 11.3 Å². The number of carboxylic acids is 1. The van der Waals surface area contributed by atoms with Gasteiger partial charge in [-0.05, 0) is 29.8 Å². The summed E-state index contributed by atoms with van der Waals surface area (Å²) in [5.41, 5.74) is 1.86. The van der Waals surface area contributed by atoms with Gasteiger partial charge in [0.1, 0.15) is 16.3 Å². The van der Waals surface area contributed by atoms with E-state index in [9.17, 15) is 14.7 Å². The molecule has 0 atom stereocenters. The van der Waals surface area contributed by atoms with Crippen molar-refractivity contribution in [3.05, 3.63) is 71.1 Å². The van der Waals surface area contributed by atoms with E-state index in [2.05, 4.69) is 5.32 Å². The maximum Gasteiger partial charge on any atom is 0.339 e. The van der Waals surface area contributed by atoms with E-state index in [1.807, 2.05) is 6.07 Å². The third-order valence-corrected chi connectivity index (χ3v) is 4.56. The first-order chi connectivity index (χ1) is 12.1. The topological polar surface area (TPSA) is 75.6 Å². The van der Waals surface area contributed by atoms with E-state index in [1.165, 1.54) is 11.3 Å². The lowest BCUT2D eigenvalue weighted by Gasteiger charge is -2.07. The van der Waals surface area contributed by atoms with Gasteiger partial charge in [0.25, 0.3) is 5.91 Å². The van der Waals surface area contributed by atoms with E-state index in [0.29, 0.717) is 21.9 Å². The Morgan fingerprint density at radius 3 is 2.32 bits per heavy atom. The molecule has 3 rings (SSSR count). The number of methoxy groups -OCH3 is 1. The number of carboxylic acid groups (broad SMARTS) is 1. The predicted octanol–water partition coefficient (Wildman–Crippen LogP) is 4.37. The maximum atomic E-state index is 12.3. The van der Waals surface area contributed by atoms with Crippen molar-refractivity contribution in [3.63, 3.8) is 0 Å². The van der Waals surface area contributed by atoms with Gasteiger partial charge in [-0.25, -0.2) is 4.79 Å². The predicted molar refractivity (Wildman–Crippen MR) is 97.7 cm³/mol. The van der Waals surface area contributed by atoms with Gasteiger partial charge in [-0.1, -0.05) is 30.3 Å². The Bertz CT molecular complexity index is 901. The first-order valence-electron chi connectivity index (χ1n) is 7.45. The van der Waals surface area contributed by atoms with Crippen molar-refractivity contribution in [3.8, 4) is 16.9 Å². The molecule has 0 bridgehead atoms. The van der Waals surface area contributed by atoms with Crippen LogP contribution in [0.5, 0.6) is 5.75 Å². The number of hydrogen-bond donors (Lipinski definition) is 2. The Hall–Kier alpha value is -3.12. The number of carbonyl (C=O) groups is 2. The molecule has 6 heteroatoms. The molecule has 1 aromatic heterocycles.